The van der Waals surface area contributed by atoms with Crippen molar-refractivity contribution >= 4 is 28.1 Å². The standard InChI is InChI=1S/C13H15N3S/c1-16(9-13(14)17)8-10-4-5-12-11(7-10)3-2-6-15-12/h2-7H,8-9H2,1H3,(H2,14,17). The first-order valence-electron chi connectivity index (χ1n) is 5.45. The smallest absolute Gasteiger partial charge is 0.0870 e. The van der Waals surface area contributed by atoms with Crippen molar-refractivity contribution in [2.45, 2.75) is 6.54 Å². The number of benzene rings is 1. The van der Waals surface area contributed by atoms with Gasteiger partial charge in [-0.05, 0) is 30.8 Å². The van der Waals surface area contributed by atoms with Crippen molar-refractivity contribution in [3.05, 3.63) is 42.1 Å². The lowest BCUT2D eigenvalue weighted by atomic mass is 10.1. The zero-order valence-electron chi connectivity index (χ0n) is 9.76. The molecule has 0 spiro atoms. The zero-order valence-corrected chi connectivity index (χ0v) is 10.6. The normalized spacial score (nSPS) is 10.9. The Hall–Kier alpha value is -1.52. The van der Waals surface area contributed by atoms with E-state index >= 15 is 0 Å². The third kappa shape index (κ3) is 3.22. The monoisotopic (exact) mass is 245 g/mol. The Morgan fingerprint density at radius 1 is 1.41 bits per heavy atom. The van der Waals surface area contributed by atoms with Crippen LogP contribution in [0.2, 0.25) is 0 Å². The van der Waals surface area contributed by atoms with Crippen molar-refractivity contribution < 1.29 is 0 Å². The van der Waals surface area contributed by atoms with Gasteiger partial charge in [0, 0.05) is 24.7 Å². The highest BCUT2D eigenvalue weighted by atomic mass is 32.1. The maximum absolute atomic E-state index is 5.52. The van der Waals surface area contributed by atoms with E-state index in [0.29, 0.717) is 11.5 Å². The minimum atomic E-state index is 0.523. The SMILES string of the molecule is CN(CC(N)=S)Cc1ccc2ncccc2c1. The number of aromatic nitrogens is 1. The van der Waals surface area contributed by atoms with Gasteiger partial charge in [0.25, 0.3) is 0 Å². The van der Waals surface area contributed by atoms with E-state index in [9.17, 15) is 0 Å². The molecule has 2 N–H and O–H groups in total. The van der Waals surface area contributed by atoms with Crippen LogP contribution < -0.4 is 5.73 Å². The molecule has 88 valence electrons. The second kappa shape index (κ2) is 5.21. The molecule has 0 saturated carbocycles. The number of pyridine rings is 1. The van der Waals surface area contributed by atoms with E-state index in [0.717, 1.165) is 17.4 Å². The molecule has 0 saturated heterocycles. The van der Waals surface area contributed by atoms with Crippen LogP contribution in [0.5, 0.6) is 0 Å². The third-order valence-corrected chi connectivity index (χ3v) is 2.67. The molecule has 17 heavy (non-hydrogen) atoms. The summed E-state index contributed by atoms with van der Waals surface area (Å²) in [7, 11) is 2.01. The van der Waals surface area contributed by atoms with Gasteiger partial charge in [-0.3, -0.25) is 9.88 Å². The Balaban J connectivity index is 2.16. The number of hydrogen-bond donors (Lipinski definition) is 1. The van der Waals surface area contributed by atoms with Crippen molar-refractivity contribution in [2.75, 3.05) is 13.6 Å². The molecule has 1 aromatic carbocycles. The minimum absolute atomic E-state index is 0.523. The van der Waals surface area contributed by atoms with Crippen LogP contribution >= 0.6 is 12.2 Å². The van der Waals surface area contributed by atoms with E-state index < -0.39 is 0 Å². The van der Waals surface area contributed by atoms with Gasteiger partial charge in [0.2, 0.25) is 0 Å². The number of fused-ring (bicyclic) bond motifs is 1. The van der Waals surface area contributed by atoms with Crippen LogP contribution in [-0.4, -0.2) is 28.5 Å². The van der Waals surface area contributed by atoms with Gasteiger partial charge in [-0.25, -0.2) is 0 Å². The Labute approximate surface area is 106 Å². The molecule has 2 rings (SSSR count). The quantitative estimate of drug-likeness (QED) is 0.836. The molecule has 1 heterocycles. The summed E-state index contributed by atoms with van der Waals surface area (Å²) in [5.74, 6) is 0. The number of likely N-dealkylation sites (N-methyl/N-ethyl adjacent to an activating group) is 1. The number of thiocarbonyl (C=S) groups is 1. The molecular formula is C13H15N3S. The Bertz CT molecular complexity index is 539. The first-order valence-corrected chi connectivity index (χ1v) is 5.86. The van der Waals surface area contributed by atoms with Gasteiger partial charge in [0.05, 0.1) is 10.5 Å². The van der Waals surface area contributed by atoms with Gasteiger partial charge >= 0.3 is 0 Å². The Kier molecular flexibility index (Phi) is 3.66. The van der Waals surface area contributed by atoms with Crippen LogP contribution in [0.3, 0.4) is 0 Å². The minimum Gasteiger partial charge on any atom is -0.392 e. The van der Waals surface area contributed by atoms with E-state index in [-0.39, 0.29) is 0 Å². The average Bonchev–Trinajstić information content (AvgIpc) is 2.27. The largest absolute Gasteiger partial charge is 0.392 e. The predicted octanol–water partition coefficient (Wildman–Crippen LogP) is 1.95. The van der Waals surface area contributed by atoms with Gasteiger partial charge in [0.15, 0.2) is 0 Å². The fourth-order valence-corrected chi connectivity index (χ4v) is 2.08. The maximum Gasteiger partial charge on any atom is 0.0870 e. The lowest BCUT2D eigenvalue weighted by Crippen LogP contribution is -2.28. The summed E-state index contributed by atoms with van der Waals surface area (Å²) in [4.78, 5) is 6.92. The molecule has 2 aromatic rings. The van der Waals surface area contributed by atoms with Gasteiger partial charge in [-0.2, -0.15) is 0 Å². The number of hydrogen-bond acceptors (Lipinski definition) is 3. The zero-order chi connectivity index (χ0) is 12.3. The van der Waals surface area contributed by atoms with Crippen molar-refractivity contribution in [1.82, 2.24) is 9.88 Å². The van der Waals surface area contributed by atoms with Gasteiger partial charge in [-0.1, -0.05) is 24.4 Å². The van der Waals surface area contributed by atoms with Gasteiger partial charge in [-0.15, -0.1) is 0 Å². The first-order chi connectivity index (χ1) is 8.15. The van der Waals surface area contributed by atoms with E-state index in [1.165, 1.54) is 5.56 Å². The molecular weight excluding hydrogens is 230 g/mol. The second-order valence-corrected chi connectivity index (χ2v) is 4.69. The molecule has 0 fully saturated rings. The number of nitrogens with two attached hydrogens (primary N) is 1. The van der Waals surface area contributed by atoms with Crippen molar-refractivity contribution in [1.29, 1.82) is 0 Å². The fraction of sp³-hybridized carbons (Fsp3) is 0.231. The summed E-state index contributed by atoms with van der Waals surface area (Å²) in [5, 5.41) is 1.16. The summed E-state index contributed by atoms with van der Waals surface area (Å²) in [6.45, 7) is 1.47. The molecule has 0 atom stereocenters. The van der Waals surface area contributed by atoms with Crippen molar-refractivity contribution in [2.24, 2.45) is 5.73 Å². The topological polar surface area (TPSA) is 42.1 Å². The molecule has 1 aromatic heterocycles. The summed E-state index contributed by atoms with van der Waals surface area (Å²) in [5.41, 5.74) is 7.78. The molecule has 0 radical (unpaired) electrons. The summed E-state index contributed by atoms with van der Waals surface area (Å²) >= 11 is 4.89. The summed E-state index contributed by atoms with van der Waals surface area (Å²) < 4.78 is 0. The molecule has 0 aliphatic carbocycles. The van der Waals surface area contributed by atoms with Crippen LogP contribution in [0.25, 0.3) is 10.9 Å². The fourth-order valence-electron chi connectivity index (χ4n) is 1.86. The molecule has 4 heteroatoms. The molecule has 0 aliphatic heterocycles. The average molecular weight is 245 g/mol. The highest BCUT2D eigenvalue weighted by Gasteiger charge is 2.02. The number of nitrogens with zero attached hydrogens (tertiary/aromatic N) is 2. The third-order valence-electron chi connectivity index (χ3n) is 2.55. The Morgan fingerprint density at radius 3 is 3.00 bits per heavy atom. The van der Waals surface area contributed by atoms with Crippen LogP contribution in [-0.2, 0) is 6.54 Å². The molecule has 3 nitrogen and oxygen atoms in total. The Morgan fingerprint density at radius 2 is 2.24 bits per heavy atom. The lowest BCUT2D eigenvalue weighted by Gasteiger charge is -2.15. The van der Waals surface area contributed by atoms with Crippen molar-refractivity contribution in [3.8, 4) is 0 Å². The maximum atomic E-state index is 5.52. The predicted molar refractivity (Wildman–Crippen MR) is 74.9 cm³/mol. The van der Waals surface area contributed by atoms with Crippen LogP contribution in [0.1, 0.15) is 5.56 Å². The van der Waals surface area contributed by atoms with Gasteiger partial charge in [0.1, 0.15) is 0 Å². The van der Waals surface area contributed by atoms with E-state index in [2.05, 4.69) is 28.1 Å². The first kappa shape index (κ1) is 12.0. The molecule has 0 bridgehead atoms. The van der Waals surface area contributed by atoms with E-state index in [1.807, 2.05) is 19.2 Å². The van der Waals surface area contributed by atoms with E-state index in [4.69, 9.17) is 18.0 Å². The number of rotatable bonds is 4. The highest BCUT2D eigenvalue weighted by molar-refractivity contribution is 7.80. The molecule has 0 unspecified atom stereocenters. The van der Waals surface area contributed by atoms with Crippen LogP contribution in [0.15, 0.2) is 36.5 Å². The van der Waals surface area contributed by atoms with Crippen LogP contribution in [0.4, 0.5) is 0 Å². The highest BCUT2D eigenvalue weighted by Crippen LogP contribution is 2.14. The summed E-state index contributed by atoms with van der Waals surface area (Å²) in [6.07, 6.45) is 1.81. The van der Waals surface area contributed by atoms with Gasteiger partial charge < -0.3 is 5.73 Å². The van der Waals surface area contributed by atoms with E-state index in [1.54, 1.807) is 6.20 Å². The second-order valence-electron chi connectivity index (χ2n) is 4.17. The summed E-state index contributed by atoms with van der Waals surface area (Å²) in [6, 6.07) is 10.3. The van der Waals surface area contributed by atoms with Crippen molar-refractivity contribution in [3.63, 3.8) is 0 Å². The van der Waals surface area contributed by atoms with Crippen LogP contribution in [0, 0.1) is 0 Å². The lowest BCUT2D eigenvalue weighted by molar-refractivity contribution is 0.375. The molecule has 0 amide bonds. The molecule has 0 aliphatic rings.